The van der Waals surface area contributed by atoms with E-state index in [4.69, 9.17) is 30.7 Å². The van der Waals surface area contributed by atoms with Crippen LogP contribution in [-0.4, -0.2) is 33.8 Å². The first kappa shape index (κ1) is 39.4. The number of carbonyl (C=O) groups excluding carboxylic acids is 1. The van der Waals surface area contributed by atoms with Crippen LogP contribution in [0.5, 0.6) is 0 Å². The maximum absolute atomic E-state index is 14.7. The molecule has 4 aromatic rings. The van der Waals surface area contributed by atoms with E-state index in [2.05, 4.69) is 5.32 Å². The number of carbonyl (C=O) groups is 1. The number of aryl methyl sites for hydroxylation is 2. The van der Waals surface area contributed by atoms with Crippen LogP contribution in [0.15, 0.2) is 92.4 Å². The lowest BCUT2D eigenvalue weighted by atomic mass is 9.82. The number of benzene rings is 4. The molecule has 0 spiro atoms. The monoisotopic (exact) mass is 751 g/mol. The van der Waals surface area contributed by atoms with Crippen LogP contribution in [0.3, 0.4) is 0 Å². The van der Waals surface area contributed by atoms with Gasteiger partial charge in [-0.25, -0.2) is 26.9 Å². The van der Waals surface area contributed by atoms with Gasteiger partial charge in [0.2, 0.25) is 0 Å². The summed E-state index contributed by atoms with van der Waals surface area (Å²) in [4.78, 5) is 35.5. The van der Waals surface area contributed by atoms with E-state index in [1.807, 2.05) is 18.2 Å². The lowest BCUT2D eigenvalue weighted by molar-refractivity contribution is 0.247. The Morgan fingerprint density at radius 2 is 1.18 bits per heavy atom. The van der Waals surface area contributed by atoms with Gasteiger partial charge >= 0.3 is 13.9 Å². The second kappa shape index (κ2) is 18.2. The standard InChI is InChI=1S/C18H18F2N2OS.C17H17F2NS.H3O4P/c19-13-5-2-6-14(8-13)24-15-7-11-3-1-4-12(10-22-18(21)23)17(11)16(20)9-15;18-13-5-2-6-14(8-13)21-15-7-11-3-1-4-12(10-20)17(11)16(19)9-15;1-5(2,3)4/h2,5-9,12H,1,3-4,10H2,(H3,21,22,23);2,5-9,12H,1,3-4,10,20H2;(H3,1,2,3,4)/t2*12-;/m00./s1. The van der Waals surface area contributed by atoms with Crippen LogP contribution in [-0.2, 0) is 17.4 Å². The van der Waals surface area contributed by atoms with Crippen molar-refractivity contribution < 1.29 is 41.6 Å². The molecule has 0 radical (unpaired) electrons. The maximum atomic E-state index is 14.7. The van der Waals surface area contributed by atoms with Gasteiger partial charge < -0.3 is 31.5 Å². The Balaban J connectivity index is 0.000000199. The van der Waals surface area contributed by atoms with Crippen molar-refractivity contribution >= 4 is 37.4 Å². The molecule has 50 heavy (non-hydrogen) atoms. The third-order valence-electron chi connectivity index (χ3n) is 8.06. The van der Waals surface area contributed by atoms with Gasteiger partial charge in [0, 0.05) is 32.0 Å². The Kier molecular flexibility index (Phi) is 14.4. The number of nitrogens with one attached hydrogen (secondary N) is 1. The molecule has 4 aromatic carbocycles. The zero-order chi connectivity index (χ0) is 36.4. The Hall–Kier alpha value is -3.36. The number of rotatable bonds is 7. The molecule has 0 saturated carbocycles. The lowest BCUT2D eigenvalue weighted by Crippen LogP contribution is -2.34. The zero-order valence-corrected chi connectivity index (χ0v) is 29.4. The van der Waals surface area contributed by atoms with Gasteiger partial charge in [-0.15, -0.1) is 0 Å². The van der Waals surface area contributed by atoms with Crippen LogP contribution in [0, 0.1) is 23.3 Å². The molecule has 0 heterocycles. The average Bonchev–Trinajstić information content (AvgIpc) is 3.03. The molecular formula is C35H38F4N3O5PS2. The Morgan fingerprint density at radius 3 is 1.60 bits per heavy atom. The summed E-state index contributed by atoms with van der Waals surface area (Å²) >= 11 is 2.72. The van der Waals surface area contributed by atoms with Crippen LogP contribution >= 0.6 is 31.3 Å². The van der Waals surface area contributed by atoms with Crippen LogP contribution < -0.4 is 16.8 Å². The third-order valence-corrected chi connectivity index (χ3v) is 9.98. The highest BCUT2D eigenvalue weighted by molar-refractivity contribution is 7.99. The van der Waals surface area contributed by atoms with Gasteiger partial charge in [0.1, 0.15) is 23.3 Å². The number of halogens is 4. The summed E-state index contributed by atoms with van der Waals surface area (Å²) in [5.74, 6) is -0.974. The van der Waals surface area contributed by atoms with Gasteiger partial charge in [0.25, 0.3) is 0 Å². The van der Waals surface area contributed by atoms with Crippen LogP contribution in [0.25, 0.3) is 0 Å². The molecule has 2 amide bonds. The van der Waals surface area contributed by atoms with E-state index in [9.17, 15) is 22.4 Å². The molecule has 2 atom stereocenters. The molecule has 0 bridgehead atoms. The fourth-order valence-electron chi connectivity index (χ4n) is 6.10. The molecule has 2 aliphatic carbocycles. The fraction of sp³-hybridized carbons (Fsp3) is 0.286. The van der Waals surface area contributed by atoms with Crippen LogP contribution in [0.1, 0.15) is 59.8 Å². The summed E-state index contributed by atoms with van der Waals surface area (Å²) in [5, 5.41) is 2.57. The van der Waals surface area contributed by atoms with Crippen molar-refractivity contribution in [1.82, 2.24) is 5.32 Å². The first-order valence-corrected chi connectivity index (χ1v) is 18.9. The molecule has 15 heteroatoms. The molecular weight excluding hydrogens is 714 g/mol. The number of fused-ring (bicyclic) bond motifs is 2. The van der Waals surface area contributed by atoms with Crippen molar-refractivity contribution in [3.8, 4) is 0 Å². The fourth-order valence-corrected chi connectivity index (χ4v) is 8.01. The topological polar surface area (TPSA) is 159 Å². The molecule has 0 unspecified atom stereocenters. The van der Waals surface area contributed by atoms with Crippen molar-refractivity contribution in [1.29, 1.82) is 0 Å². The number of primary amides is 1. The Morgan fingerprint density at radius 1 is 0.740 bits per heavy atom. The Labute approximate surface area is 296 Å². The van der Waals surface area contributed by atoms with Crippen molar-refractivity contribution in [2.45, 2.75) is 69.9 Å². The van der Waals surface area contributed by atoms with Gasteiger partial charge in [-0.2, -0.15) is 0 Å². The average molecular weight is 752 g/mol. The first-order valence-electron chi connectivity index (χ1n) is 15.7. The molecule has 0 fully saturated rings. The second-order valence-electron chi connectivity index (χ2n) is 11.7. The van der Waals surface area contributed by atoms with E-state index in [1.54, 1.807) is 24.3 Å². The molecule has 2 aliphatic rings. The highest BCUT2D eigenvalue weighted by atomic mass is 32.2. The van der Waals surface area contributed by atoms with Crippen LogP contribution in [0.4, 0.5) is 22.4 Å². The van der Waals surface area contributed by atoms with Crippen LogP contribution in [0.2, 0.25) is 0 Å². The maximum Gasteiger partial charge on any atom is 0.466 e. The van der Waals surface area contributed by atoms with Crippen molar-refractivity contribution in [2.24, 2.45) is 11.5 Å². The first-order chi connectivity index (χ1) is 23.7. The highest BCUT2D eigenvalue weighted by Crippen LogP contribution is 2.39. The number of hydrogen-bond acceptors (Lipinski definition) is 5. The van der Waals surface area contributed by atoms with E-state index in [0.29, 0.717) is 18.7 Å². The van der Waals surface area contributed by atoms with E-state index >= 15 is 0 Å². The Bertz CT molecular complexity index is 1840. The van der Waals surface area contributed by atoms with E-state index in [1.165, 1.54) is 53.9 Å². The number of urea groups is 1. The van der Waals surface area contributed by atoms with Gasteiger partial charge in [-0.05, 0) is 134 Å². The summed E-state index contributed by atoms with van der Waals surface area (Å²) in [6, 6.07) is 19.0. The largest absolute Gasteiger partial charge is 0.466 e. The number of hydrogen-bond donors (Lipinski definition) is 6. The summed E-state index contributed by atoms with van der Waals surface area (Å²) in [7, 11) is -4.64. The summed E-state index contributed by atoms with van der Waals surface area (Å²) in [6.07, 6.45) is 5.45. The third kappa shape index (κ3) is 12.2. The lowest BCUT2D eigenvalue weighted by Gasteiger charge is -2.26. The normalized spacial score (nSPS) is 16.5. The van der Waals surface area contributed by atoms with Crippen molar-refractivity contribution in [3.05, 3.63) is 118 Å². The zero-order valence-electron chi connectivity index (χ0n) is 26.8. The smallest absolute Gasteiger partial charge is 0.352 e. The number of phosphoric acid groups is 1. The summed E-state index contributed by atoms with van der Waals surface area (Å²) in [5.41, 5.74) is 14.3. The van der Waals surface area contributed by atoms with E-state index in [-0.39, 0.29) is 35.1 Å². The predicted molar refractivity (Wildman–Crippen MR) is 186 cm³/mol. The van der Waals surface area contributed by atoms with Gasteiger partial charge in [0.05, 0.1) is 0 Å². The summed E-state index contributed by atoms with van der Waals surface area (Å²) < 4.78 is 64.5. The predicted octanol–water partition coefficient (Wildman–Crippen LogP) is 7.77. The van der Waals surface area contributed by atoms with Gasteiger partial charge in [0.15, 0.2) is 0 Å². The molecule has 8 nitrogen and oxygen atoms in total. The molecule has 0 saturated heterocycles. The van der Waals surface area contributed by atoms with Gasteiger partial charge in [-0.3, -0.25) is 0 Å². The van der Waals surface area contributed by atoms with Crippen molar-refractivity contribution in [2.75, 3.05) is 13.1 Å². The highest BCUT2D eigenvalue weighted by Gasteiger charge is 2.25. The quantitative estimate of drug-likeness (QED) is 0.0826. The molecule has 8 N–H and O–H groups in total. The molecule has 268 valence electrons. The molecule has 6 rings (SSSR count). The van der Waals surface area contributed by atoms with E-state index < -0.39 is 13.9 Å². The van der Waals surface area contributed by atoms with Gasteiger partial charge in [-0.1, -0.05) is 35.7 Å². The SMILES string of the molecule is NC(=O)NC[C@@H]1CCCc2cc(Sc3cccc(F)c3)cc(F)c21.NC[C@@H]1CCCc2cc(Sc3cccc(F)c3)cc(F)c21.O=P(O)(O)O. The molecule has 0 aliphatic heterocycles. The summed E-state index contributed by atoms with van der Waals surface area (Å²) in [6.45, 7) is 0.829. The minimum Gasteiger partial charge on any atom is -0.352 e. The number of amides is 2. The minimum absolute atomic E-state index is 0.0607. The van der Waals surface area contributed by atoms with E-state index in [0.717, 1.165) is 74.8 Å². The van der Waals surface area contributed by atoms with Crippen molar-refractivity contribution in [3.63, 3.8) is 0 Å². The second-order valence-corrected chi connectivity index (χ2v) is 15.1. The molecule has 0 aromatic heterocycles. The number of nitrogens with two attached hydrogens (primary N) is 2. The minimum atomic E-state index is -4.64.